The molecule has 0 radical (unpaired) electrons. The lowest BCUT2D eigenvalue weighted by atomic mass is 9.60. The van der Waals surface area contributed by atoms with Gasteiger partial charge in [0.25, 0.3) is 0 Å². The molecule has 2 unspecified atom stereocenters. The Morgan fingerprint density at radius 3 is 1.64 bits per heavy atom. The first-order valence-electron chi connectivity index (χ1n) is 9.70. The summed E-state index contributed by atoms with van der Waals surface area (Å²) >= 11 is 0. The van der Waals surface area contributed by atoms with Crippen molar-refractivity contribution < 1.29 is 14.4 Å². The fourth-order valence-electron chi connectivity index (χ4n) is 5.89. The van der Waals surface area contributed by atoms with Crippen LogP contribution in [-0.2, 0) is 4.79 Å². The molecule has 3 heteroatoms. The number of allylic oxidation sites excluding steroid dienone is 8. The third-order valence-electron chi connectivity index (χ3n) is 6.96. The van der Waals surface area contributed by atoms with Crippen LogP contribution in [0.4, 0.5) is 0 Å². The van der Waals surface area contributed by atoms with Gasteiger partial charge in [-0.25, -0.2) is 0 Å². The molecule has 0 saturated heterocycles. The second-order valence-electron chi connectivity index (χ2n) is 8.10. The Hall–Kier alpha value is -3.33. The van der Waals surface area contributed by atoms with Gasteiger partial charge in [-0.1, -0.05) is 48.6 Å². The van der Waals surface area contributed by atoms with E-state index in [9.17, 15) is 14.4 Å². The first-order chi connectivity index (χ1) is 13.7. The highest BCUT2D eigenvalue weighted by atomic mass is 16.1. The zero-order valence-corrected chi connectivity index (χ0v) is 14.9. The minimum absolute atomic E-state index is 0.00329. The minimum atomic E-state index is -0.408. The standard InChI is InChI=1S/C25H14O3/c26-23-14-5-1-3-12(14)21-19-16(23)9-7-11-8-10-17-20(18(11)19)22(25(21)28)13-4-2-6-15(13)24(17)27/h3-10,21-22H,1-2H2. The molecule has 0 saturated carbocycles. The summed E-state index contributed by atoms with van der Waals surface area (Å²) in [5, 5.41) is 1.95. The number of ketones is 3. The molecule has 2 aromatic rings. The molecular formula is C25H14O3. The average molecular weight is 362 g/mol. The van der Waals surface area contributed by atoms with E-state index in [1.54, 1.807) is 0 Å². The van der Waals surface area contributed by atoms with Gasteiger partial charge in [0.05, 0.1) is 11.8 Å². The lowest BCUT2D eigenvalue weighted by Crippen LogP contribution is -2.37. The molecule has 0 fully saturated rings. The first-order valence-corrected chi connectivity index (χ1v) is 9.70. The van der Waals surface area contributed by atoms with Crippen molar-refractivity contribution in [2.45, 2.75) is 24.7 Å². The number of rotatable bonds is 0. The van der Waals surface area contributed by atoms with Crippen molar-refractivity contribution in [2.75, 3.05) is 0 Å². The molecular weight excluding hydrogens is 348 g/mol. The van der Waals surface area contributed by atoms with Crippen molar-refractivity contribution in [3.63, 3.8) is 0 Å². The molecule has 28 heavy (non-hydrogen) atoms. The van der Waals surface area contributed by atoms with Gasteiger partial charge in [-0.3, -0.25) is 14.4 Å². The quantitative estimate of drug-likeness (QED) is 0.694. The van der Waals surface area contributed by atoms with E-state index in [-0.39, 0.29) is 17.3 Å². The normalized spacial score (nSPS) is 25.9. The number of fused-ring (bicyclic) bond motifs is 4. The number of Topliss-reactive ketones (excluding diaryl/α,β-unsaturated/α-hetero) is 3. The van der Waals surface area contributed by atoms with Gasteiger partial charge in [0.2, 0.25) is 0 Å². The molecule has 0 amide bonds. The summed E-state index contributed by atoms with van der Waals surface area (Å²) in [6.45, 7) is 0. The Morgan fingerprint density at radius 1 is 0.643 bits per heavy atom. The Morgan fingerprint density at radius 2 is 1.14 bits per heavy atom. The number of carbonyl (C=O) groups excluding carboxylic acids is 3. The van der Waals surface area contributed by atoms with Gasteiger partial charge in [-0.15, -0.1) is 0 Å². The number of carbonyl (C=O) groups is 3. The molecule has 2 aromatic carbocycles. The second kappa shape index (κ2) is 4.56. The highest BCUT2D eigenvalue weighted by Gasteiger charge is 2.50. The molecule has 0 aromatic heterocycles. The minimum Gasteiger partial charge on any atom is -0.298 e. The van der Waals surface area contributed by atoms with Gasteiger partial charge in [-0.05, 0) is 45.9 Å². The van der Waals surface area contributed by atoms with Crippen LogP contribution in [0.5, 0.6) is 0 Å². The average Bonchev–Trinajstić information content (AvgIpc) is 3.37. The predicted octanol–water partition coefficient (Wildman–Crippen LogP) is 4.50. The largest absolute Gasteiger partial charge is 0.298 e. The van der Waals surface area contributed by atoms with E-state index in [0.29, 0.717) is 35.1 Å². The van der Waals surface area contributed by atoms with Gasteiger partial charge in [0.15, 0.2) is 17.3 Å². The molecule has 0 bridgehead atoms. The zero-order valence-electron chi connectivity index (χ0n) is 14.9. The number of benzene rings is 2. The van der Waals surface area contributed by atoms with Crippen LogP contribution in [0.3, 0.4) is 0 Å². The van der Waals surface area contributed by atoms with E-state index in [0.717, 1.165) is 33.0 Å². The summed E-state index contributed by atoms with van der Waals surface area (Å²) in [5.41, 5.74) is 6.00. The molecule has 2 atom stereocenters. The fourth-order valence-corrected chi connectivity index (χ4v) is 5.89. The fraction of sp³-hybridized carbons (Fsp3) is 0.160. The lowest BCUT2D eigenvalue weighted by Gasteiger charge is -2.39. The van der Waals surface area contributed by atoms with Gasteiger partial charge in [0.1, 0.15) is 0 Å². The number of hydrogen-bond acceptors (Lipinski definition) is 3. The first kappa shape index (κ1) is 14.7. The molecule has 0 spiro atoms. The predicted molar refractivity (Wildman–Crippen MR) is 105 cm³/mol. The summed E-state index contributed by atoms with van der Waals surface area (Å²) in [5.74, 6) is -0.707. The van der Waals surface area contributed by atoms with Crippen molar-refractivity contribution in [3.05, 3.63) is 93.1 Å². The molecule has 5 aliphatic rings. The van der Waals surface area contributed by atoms with E-state index in [2.05, 4.69) is 0 Å². The molecule has 132 valence electrons. The van der Waals surface area contributed by atoms with Crippen LogP contribution in [0.2, 0.25) is 0 Å². The molecule has 0 aliphatic heterocycles. The highest BCUT2D eigenvalue weighted by Crippen LogP contribution is 2.56. The Kier molecular flexibility index (Phi) is 2.39. The van der Waals surface area contributed by atoms with Crippen molar-refractivity contribution in [2.24, 2.45) is 0 Å². The topological polar surface area (TPSA) is 51.2 Å². The van der Waals surface area contributed by atoms with Crippen molar-refractivity contribution >= 4 is 28.1 Å². The summed E-state index contributed by atoms with van der Waals surface area (Å²) in [4.78, 5) is 40.1. The van der Waals surface area contributed by atoms with Crippen LogP contribution in [0.25, 0.3) is 10.8 Å². The Bertz CT molecular complexity index is 1260. The second-order valence-corrected chi connectivity index (χ2v) is 8.10. The lowest BCUT2D eigenvalue weighted by molar-refractivity contribution is -0.120. The van der Waals surface area contributed by atoms with E-state index >= 15 is 0 Å². The van der Waals surface area contributed by atoms with Gasteiger partial charge < -0.3 is 0 Å². The van der Waals surface area contributed by atoms with Crippen LogP contribution in [0.1, 0.15) is 56.5 Å². The van der Waals surface area contributed by atoms with E-state index < -0.39 is 11.8 Å². The van der Waals surface area contributed by atoms with E-state index in [1.165, 1.54) is 0 Å². The van der Waals surface area contributed by atoms with Gasteiger partial charge in [0, 0.05) is 22.3 Å². The Labute approximate surface area is 160 Å². The third-order valence-corrected chi connectivity index (χ3v) is 6.96. The van der Waals surface area contributed by atoms with Crippen molar-refractivity contribution in [1.29, 1.82) is 0 Å². The molecule has 0 heterocycles. The van der Waals surface area contributed by atoms with Gasteiger partial charge in [-0.2, -0.15) is 0 Å². The van der Waals surface area contributed by atoms with Crippen LogP contribution < -0.4 is 0 Å². The molecule has 3 nitrogen and oxygen atoms in total. The van der Waals surface area contributed by atoms with Gasteiger partial charge >= 0.3 is 0 Å². The smallest absolute Gasteiger partial charge is 0.193 e. The number of hydrogen-bond donors (Lipinski definition) is 0. The van der Waals surface area contributed by atoms with Crippen LogP contribution in [0.15, 0.2) is 70.9 Å². The Balaban J connectivity index is 1.72. The summed E-state index contributed by atoms with van der Waals surface area (Å²) in [6, 6.07) is 7.63. The summed E-state index contributed by atoms with van der Waals surface area (Å²) in [6.07, 6.45) is 9.33. The molecule has 7 rings (SSSR count). The van der Waals surface area contributed by atoms with Crippen LogP contribution >= 0.6 is 0 Å². The maximum atomic E-state index is 13.9. The summed E-state index contributed by atoms with van der Waals surface area (Å²) in [7, 11) is 0. The van der Waals surface area contributed by atoms with Crippen LogP contribution in [0, 0.1) is 0 Å². The van der Waals surface area contributed by atoms with Crippen molar-refractivity contribution in [3.8, 4) is 0 Å². The maximum Gasteiger partial charge on any atom is 0.193 e. The third kappa shape index (κ3) is 1.42. The summed E-state index contributed by atoms with van der Waals surface area (Å²) < 4.78 is 0. The SMILES string of the molecule is O=C1C2=CCC=C2C2C(=O)C3C4=CCC=C4C(=O)c4ccc5ccc1c2c5c43. The van der Waals surface area contributed by atoms with E-state index in [1.807, 2.05) is 48.6 Å². The van der Waals surface area contributed by atoms with Crippen LogP contribution in [-0.4, -0.2) is 17.3 Å². The zero-order chi connectivity index (χ0) is 18.7. The maximum absolute atomic E-state index is 13.9. The highest BCUT2D eigenvalue weighted by molar-refractivity contribution is 6.27. The monoisotopic (exact) mass is 362 g/mol. The van der Waals surface area contributed by atoms with E-state index in [4.69, 9.17) is 0 Å². The molecule has 5 aliphatic carbocycles. The molecule has 0 N–H and O–H groups in total. The van der Waals surface area contributed by atoms with Crippen molar-refractivity contribution in [1.82, 2.24) is 0 Å².